The molecule has 0 aliphatic heterocycles. The molecular weight excluding hydrogens is 406 g/mol. The van der Waals surface area contributed by atoms with Crippen LogP contribution < -0.4 is 10.3 Å². The van der Waals surface area contributed by atoms with Crippen LogP contribution in [0.4, 0.5) is 0 Å². The molecule has 2 aromatic carbocycles. The van der Waals surface area contributed by atoms with E-state index in [2.05, 4.69) is 0 Å². The Bertz CT molecular complexity index is 1170. The molecule has 1 heterocycles. The Morgan fingerprint density at radius 3 is 2.47 bits per heavy atom. The van der Waals surface area contributed by atoms with Crippen molar-refractivity contribution in [1.29, 1.82) is 0 Å². The summed E-state index contributed by atoms with van der Waals surface area (Å²) >= 11 is 5.96. The van der Waals surface area contributed by atoms with Gasteiger partial charge >= 0.3 is 5.97 Å². The van der Waals surface area contributed by atoms with Gasteiger partial charge in [-0.05, 0) is 52.6 Å². The number of carboxylic acids is 1. The first-order valence-electron chi connectivity index (χ1n) is 9.03. The van der Waals surface area contributed by atoms with Crippen LogP contribution in [0.15, 0.2) is 65.6 Å². The quantitative estimate of drug-likeness (QED) is 0.585. The second-order valence-corrected chi connectivity index (χ2v) is 7.11. The van der Waals surface area contributed by atoms with E-state index in [9.17, 15) is 14.7 Å². The van der Waals surface area contributed by atoms with Gasteiger partial charge in [0.25, 0.3) is 5.56 Å². The van der Waals surface area contributed by atoms with E-state index in [0.717, 1.165) is 6.08 Å². The van der Waals surface area contributed by atoms with E-state index in [-0.39, 0.29) is 5.56 Å². The zero-order chi connectivity index (χ0) is 21.8. The van der Waals surface area contributed by atoms with Crippen molar-refractivity contribution in [2.45, 2.75) is 6.10 Å². The number of hydrogen-bond acceptors (Lipinski definition) is 4. The molecule has 0 amide bonds. The Morgan fingerprint density at radius 2 is 1.83 bits per heavy atom. The van der Waals surface area contributed by atoms with Crippen molar-refractivity contribution in [3.63, 3.8) is 0 Å². The number of aromatic nitrogens is 1. The topological polar surface area (TPSA) is 88.8 Å². The van der Waals surface area contributed by atoms with Crippen LogP contribution in [-0.4, -0.2) is 27.9 Å². The molecule has 3 aromatic rings. The largest absolute Gasteiger partial charge is 0.497 e. The normalized spacial score (nSPS) is 12.1. The summed E-state index contributed by atoms with van der Waals surface area (Å²) in [6.07, 6.45) is 2.95. The maximum Gasteiger partial charge on any atom is 0.328 e. The van der Waals surface area contributed by atoms with E-state index in [1.807, 2.05) is 0 Å². The van der Waals surface area contributed by atoms with Crippen molar-refractivity contribution < 1.29 is 19.7 Å². The van der Waals surface area contributed by atoms with Crippen molar-refractivity contribution in [3.05, 3.63) is 92.9 Å². The second kappa shape index (κ2) is 8.98. The van der Waals surface area contributed by atoms with Crippen LogP contribution in [0, 0.1) is 0 Å². The van der Waals surface area contributed by atoms with Crippen LogP contribution in [0.2, 0.25) is 5.02 Å². The zero-order valence-corrected chi connectivity index (χ0v) is 17.1. The van der Waals surface area contributed by atoms with Gasteiger partial charge in [0.1, 0.15) is 11.9 Å². The molecule has 1 atom stereocenters. The number of aryl methyl sites for hydroxylation is 1. The van der Waals surface area contributed by atoms with Crippen LogP contribution in [0.3, 0.4) is 0 Å². The Hall–Kier alpha value is -3.35. The number of nitrogens with zero attached hydrogens (tertiary/aromatic N) is 1. The summed E-state index contributed by atoms with van der Waals surface area (Å²) in [5, 5.41) is 20.7. The van der Waals surface area contributed by atoms with Crippen molar-refractivity contribution in [2.75, 3.05) is 7.11 Å². The average molecular weight is 426 g/mol. The monoisotopic (exact) mass is 425 g/mol. The van der Waals surface area contributed by atoms with Crippen LogP contribution in [0.1, 0.15) is 22.8 Å². The SMILES string of the molecule is COc1ccc(-c2cn(C)c(=O)cc2/C=C/C(=O)O)c(C(O)c2ccc(Cl)cc2)c1. The first-order valence-corrected chi connectivity index (χ1v) is 9.41. The molecule has 154 valence electrons. The van der Waals surface area contributed by atoms with Gasteiger partial charge in [0.05, 0.1) is 7.11 Å². The fraction of sp³-hybridized carbons (Fsp3) is 0.130. The number of aliphatic hydroxyl groups is 1. The molecule has 1 aromatic heterocycles. The zero-order valence-electron chi connectivity index (χ0n) is 16.4. The highest BCUT2D eigenvalue weighted by molar-refractivity contribution is 6.30. The number of pyridine rings is 1. The van der Waals surface area contributed by atoms with Gasteiger partial charge in [0.2, 0.25) is 0 Å². The molecule has 0 aliphatic carbocycles. The number of methoxy groups -OCH3 is 1. The minimum absolute atomic E-state index is 0.280. The van der Waals surface area contributed by atoms with E-state index in [4.69, 9.17) is 21.4 Å². The number of carboxylic acid groups (broad SMARTS) is 1. The number of hydrogen-bond donors (Lipinski definition) is 2. The molecule has 0 radical (unpaired) electrons. The molecular formula is C23H20ClNO5. The Morgan fingerprint density at radius 1 is 1.13 bits per heavy atom. The maximum atomic E-state index is 12.1. The molecule has 0 spiro atoms. The molecule has 2 N–H and O–H groups in total. The van der Waals surface area contributed by atoms with Gasteiger partial charge in [-0.3, -0.25) is 4.79 Å². The maximum absolute atomic E-state index is 12.1. The highest BCUT2D eigenvalue weighted by Gasteiger charge is 2.19. The second-order valence-electron chi connectivity index (χ2n) is 6.67. The fourth-order valence-electron chi connectivity index (χ4n) is 3.13. The molecule has 3 rings (SSSR count). The number of aliphatic hydroxyl groups excluding tert-OH is 1. The Labute approximate surface area is 178 Å². The first kappa shape index (κ1) is 21.4. The molecule has 0 saturated heterocycles. The third-order valence-corrected chi connectivity index (χ3v) is 4.95. The van der Waals surface area contributed by atoms with E-state index >= 15 is 0 Å². The molecule has 0 aliphatic rings. The predicted octanol–water partition coefficient (Wildman–Crippen LogP) is 3.89. The van der Waals surface area contributed by atoms with E-state index in [1.165, 1.54) is 23.8 Å². The lowest BCUT2D eigenvalue weighted by atomic mass is 9.91. The summed E-state index contributed by atoms with van der Waals surface area (Å²) in [4.78, 5) is 23.1. The van der Waals surface area contributed by atoms with E-state index in [0.29, 0.717) is 38.6 Å². The summed E-state index contributed by atoms with van der Waals surface area (Å²) in [6, 6.07) is 13.4. The number of halogens is 1. The van der Waals surface area contributed by atoms with E-state index in [1.54, 1.807) is 55.7 Å². The number of carbonyl (C=O) groups is 1. The average Bonchev–Trinajstić information content (AvgIpc) is 2.74. The fourth-order valence-corrected chi connectivity index (χ4v) is 3.26. The van der Waals surface area contributed by atoms with Gasteiger partial charge in [0.15, 0.2) is 0 Å². The van der Waals surface area contributed by atoms with Gasteiger partial charge in [-0.1, -0.05) is 29.8 Å². The summed E-state index contributed by atoms with van der Waals surface area (Å²) in [5.74, 6) is -0.577. The van der Waals surface area contributed by atoms with Gasteiger partial charge in [-0.15, -0.1) is 0 Å². The van der Waals surface area contributed by atoms with Gasteiger partial charge in [-0.25, -0.2) is 4.79 Å². The van der Waals surface area contributed by atoms with Crippen LogP contribution in [-0.2, 0) is 11.8 Å². The molecule has 30 heavy (non-hydrogen) atoms. The molecule has 0 bridgehead atoms. The third-order valence-electron chi connectivity index (χ3n) is 4.70. The number of aliphatic carboxylic acids is 1. The number of ether oxygens (including phenoxy) is 1. The highest BCUT2D eigenvalue weighted by atomic mass is 35.5. The van der Waals surface area contributed by atoms with Gasteiger partial charge in [-0.2, -0.15) is 0 Å². The molecule has 0 fully saturated rings. The number of benzene rings is 2. The predicted molar refractivity (Wildman–Crippen MR) is 116 cm³/mol. The lowest BCUT2D eigenvalue weighted by Crippen LogP contribution is -2.16. The molecule has 0 saturated carbocycles. The van der Waals surface area contributed by atoms with Gasteiger partial charge in [0, 0.05) is 36.0 Å². The summed E-state index contributed by atoms with van der Waals surface area (Å²) in [7, 11) is 3.13. The standard InChI is InChI=1S/C23H20ClNO5/c1-25-13-20(15(11-21(25)26)5-10-22(27)28)18-9-8-17(30-2)12-19(18)23(29)14-3-6-16(24)7-4-14/h3-13,23,29H,1-2H3,(H,27,28)/b10-5+. The summed E-state index contributed by atoms with van der Waals surface area (Å²) < 4.78 is 6.72. The summed E-state index contributed by atoms with van der Waals surface area (Å²) in [6.45, 7) is 0. The third kappa shape index (κ3) is 4.62. The summed E-state index contributed by atoms with van der Waals surface area (Å²) in [5.41, 5.74) is 2.55. The highest BCUT2D eigenvalue weighted by Crippen LogP contribution is 2.36. The molecule has 6 nitrogen and oxygen atoms in total. The first-order chi connectivity index (χ1) is 14.3. The van der Waals surface area contributed by atoms with Crippen molar-refractivity contribution >= 4 is 23.6 Å². The van der Waals surface area contributed by atoms with Crippen LogP contribution in [0.25, 0.3) is 17.2 Å². The Balaban J connectivity index is 2.24. The van der Waals surface area contributed by atoms with E-state index < -0.39 is 12.1 Å². The van der Waals surface area contributed by atoms with Gasteiger partial charge < -0.3 is 19.5 Å². The smallest absolute Gasteiger partial charge is 0.328 e. The lowest BCUT2D eigenvalue weighted by Gasteiger charge is -2.19. The van der Waals surface area contributed by atoms with Crippen LogP contribution in [0.5, 0.6) is 5.75 Å². The minimum atomic E-state index is -1.13. The van der Waals surface area contributed by atoms with Crippen LogP contribution >= 0.6 is 11.6 Å². The van der Waals surface area contributed by atoms with Crippen molar-refractivity contribution in [2.24, 2.45) is 7.05 Å². The van der Waals surface area contributed by atoms with Crippen molar-refractivity contribution in [1.82, 2.24) is 4.57 Å². The van der Waals surface area contributed by atoms with Crippen molar-refractivity contribution in [3.8, 4) is 16.9 Å². The Kier molecular flexibility index (Phi) is 6.40. The lowest BCUT2D eigenvalue weighted by molar-refractivity contribution is -0.131. The molecule has 7 heteroatoms. The number of rotatable bonds is 6. The minimum Gasteiger partial charge on any atom is -0.497 e. The molecule has 1 unspecified atom stereocenters.